The van der Waals surface area contributed by atoms with Crippen LogP contribution < -0.4 is 5.32 Å². The first-order valence-electron chi connectivity index (χ1n) is 7.09. The summed E-state index contributed by atoms with van der Waals surface area (Å²) in [7, 11) is 2.07. The minimum Gasteiger partial charge on any atom is -0.378 e. The summed E-state index contributed by atoms with van der Waals surface area (Å²) in [5.41, 5.74) is 2.83. The van der Waals surface area contributed by atoms with Crippen molar-refractivity contribution < 1.29 is 4.74 Å². The van der Waals surface area contributed by atoms with Gasteiger partial charge in [-0.3, -0.25) is 0 Å². The number of aryl methyl sites for hydroxylation is 1. The molecule has 1 aliphatic carbocycles. The second-order valence-corrected chi connectivity index (χ2v) is 5.35. The van der Waals surface area contributed by atoms with Crippen LogP contribution in [0.3, 0.4) is 0 Å². The summed E-state index contributed by atoms with van der Waals surface area (Å²) in [4.78, 5) is 0. The van der Waals surface area contributed by atoms with E-state index < -0.39 is 0 Å². The molecule has 1 aromatic rings. The summed E-state index contributed by atoms with van der Waals surface area (Å²) in [5.74, 6) is 0.818. The average molecular weight is 247 g/mol. The fourth-order valence-corrected chi connectivity index (χ4v) is 2.95. The van der Waals surface area contributed by atoms with E-state index >= 15 is 0 Å². The Bertz CT molecular complexity index is 371. The number of hydrogen-bond donors (Lipinski definition) is 1. The minimum atomic E-state index is 0.485. The van der Waals surface area contributed by atoms with Crippen LogP contribution >= 0.6 is 0 Å². The molecule has 1 N–H and O–H groups in total. The maximum atomic E-state index is 5.63. The van der Waals surface area contributed by atoms with E-state index in [0.717, 1.165) is 12.5 Å². The highest BCUT2D eigenvalue weighted by atomic mass is 16.5. The number of benzene rings is 1. The van der Waals surface area contributed by atoms with Crippen molar-refractivity contribution in [1.82, 2.24) is 5.32 Å². The van der Waals surface area contributed by atoms with Crippen molar-refractivity contribution in [1.29, 1.82) is 0 Å². The first-order chi connectivity index (χ1) is 8.74. The topological polar surface area (TPSA) is 21.3 Å². The molecular formula is C16H25NO. The predicted octanol–water partition coefficient (Wildman–Crippen LogP) is 3.46. The maximum absolute atomic E-state index is 5.63. The van der Waals surface area contributed by atoms with Crippen LogP contribution in [0.4, 0.5) is 0 Å². The van der Waals surface area contributed by atoms with Gasteiger partial charge in [0, 0.05) is 12.6 Å². The Hall–Kier alpha value is -0.860. The first kappa shape index (κ1) is 13.6. The summed E-state index contributed by atoms with van der Waals surface area (Å²) in [6.07, 6.45) is 4.22. The van der Waals surface area contributed by atoms with Gasteiger partial charge in [0.15, 0.2) is 0 Å². The van der Waals surface area contributed by atoms with E-state index in [9.17, 15) is 0 Å². The molecule has 100 valence electrons. The van der Waals surface area contributed by atoms with Gasteiger partial charge in [-0.15, -0.1) is 0 Å². The zero-order valence-corrected chi connectivity index (χ0v) is 11.8. The lowest BCUT2D eigenvalue weighted by Gasteiger charge is -2.37. The van der Waals surface area contributed by atoms with Crippen molar-refractivity contribution in [2.75, 3.05) is 13.7 Å². The van der Waals surface area contributed by atoms with E-state index in [1.165, 1.54) is 30.4 Å². The van der Waals surface area contributed by atoms with Gasteiger partial charge >= 0.3 is 0 Å². The lowest BCUT2D eigenvalue weighted by Crippen LogP contribution is -2.34. The van der Waals surface area contributed by atoms with Gasteiger partial charge in [0.1, 0.15) is 0 Å². The SMILES string of the molecule is CCOC1CC(CC(NC)c2ccccc2C)C1. The van der Waals surface area contributed by atoms with Crippen LogP contribution in [0, 0.1) is 12.8 Å². The van der Waals surface area contributed by atoms with Gasteiger partial charge in [-0.25, -0.2) is 0 Å². The van der Waals surface area contributed by atoms with Gasteiger partial charge in [0.25, 0.3) is 0 Å². The van der Waals surface area contributed by atoms with Crippen molar-refractivity contribution in [3.8, 4) is 0 Å². The molecule has 0 heterocycles. The van der Waals surface area contributed by atoms with Crippen molar-refractivity contribution in [3.63, 3.8) is 0 Å². The molecule has 0 bridgehead atoms. The third kappa shape index (κ3) is 3.12. The molecule has 0 aliphatic heterocycles. The number of rotatable bonds is 6. The normalized spacial score (nSPS) is 24.6. The quantitative estimate of drug-likeness (QED) is 0.831. The number of hydrogen-bond acceptors (Lipinski definition) is 2. The molecule has 18 heavy (non-hydrogen) atoms. The van der Waals surface area contributed by atoms with Crippen LogP contribution in [-0.4, -0.2) is 19.8 Å². The van der Waals surface area contributed by atoms with Crippen molar-refractivity contribution in [2.24, 2.45) is 5.92 Å². The first-order valence-corrected chi connectivity index (χ1v) is 7.09. The molecule has 0 radical (unpaired) electrons. The molecule has 1 fully saturated rings. The summed E-state index contributed by atoms with van der Waals surface area (Å²) in [6.45, 7) is 5.13. The molecule has 0 spiro atoms. The molecule has 1 aliphatic rings. The van der Waals surface area contributed by atoms with Gasteiger partial charge in [-0.05, 0) is 57.2 Å². The van der Waals surface area contributed by atoms with E-state index in [1.54, 1.807) is 0 Å². The number of ether oxygens (including phenoxy) is 1. The Balaban J connectivity index is 1.89. The summed E-state index contributed by atoms with van der Waals surface area (Å²) in [6, 6.07) is 9.17. The molecule has 0 saturated heterocycles. The monoisotopic (exact) mass is 247 g/mol. The van der Waals surface area contributed by atoms with Gasteiger partial charge in [-0.2, -0.15) is 0 Å². The zero-order chi connectivity index (χ0) is 13.0. The second-order valence-electron chi connectivity index (χ2n) is 5.35. The molecule has 2 nitrogen and oxygen atoms in total. The second kappa shape index (κ2) is 6.35. The fourth-order valence-electron chi connectivity index (χ4n) is 2.95. The Morgan fingerprint density at radius 1 is 1.33 bits per heavy atom. The summed E-state index contributed by atoms with van der Waals surface area (Å²) in [5, 5.41) is 3.46. The maximum Gasteiger partial charge on any atom is 0.0580 e. The summed E-state index contributed by atoms with van der Waals surface area (Å²) < 4.78 is 5.63. The van der Waals surface area contributed by atoms with Crippen LogP contribution in [0.15, 0.2) is 24.3 Å². The molecule has 1 unspecified atom stereocenters. The zero-order valence-electron chi connectivity index (χ0n) is 11.8. The minimum absolute atomic E-state index is 0.485. The Labute approximate surface area is 111 Å². The van der Waals surface area contributed by atoms with Gasteiger partial charge < -0.3 is 10.1 Å². The predicted molar refractivity (Wildman–Crippen MR) is 75.7 cm³/mol. The van der Waals surface area contributed by atoms with E-state index in [-0.39, 0.29) is 0 Å². The lowest BCUT2D eigenvalue weighted by molar-refractivity contribution is -0.0289. The molecule has 1 saturated carbocycles. The Morgan fingerprint density at radius 3 is 2.67 bits per heavy atom. The highest BCUT2D eigenvalue weighted by Crippen LogP contribution is 2.37. The van der Waals surface area contributed by atoms with Crippen molar-refractivity contribution in [3.05, 3.63) is 35.4 Å². The highest BCUT2D eigenvalue weighted by Gasteiger charge is 2.31. The van der Waals surface area contributed by atoms with Crippen LogP contribution in [0.25, 0.3) is 0 Å². The molecule has 1 aromatic carbocycles. The van der Waals surface area contributed by atoms with E-state index in [4.69, 9.17) is 4.74 Å². The largest absolute Gasteiger partial charge is 0.378 e. The van der Waals surface area contributed by atoms with Gasteiger partial charge in [0.2, 0.25) is 0 Å². The van der Waals surface area contributed by atoms with E-state index in [0.29, 0.717) is 12.1 Å². The smallest absolute Gasteiger partial charge is 0.0580 e. The van der Waals surface area contributed by atoms with Crippen LogP contribution in [0.1, 0.15) is 43.4 Å². The third-order valence-electron chi connectivity index (χ3n) is 4.08. The van der Waals surface area contributed by atoms with Crippen LogP contribution in [0.2, 0.25) is 0 Å². The highest BCUT2D eigenvalue weighted by molar-refractivity contribution is 5.28. The molecule has 0 amide bonds. The summed E-state index contributed by atoms with van der Waals surface area (Å²) >= 11 is 0. The van der Waals surface area contributed by atoms with Gasteiger partial charge in [-0.1, -0.05) is 24.3 Å². The molecular weight excluding hydrogens is 222 g/mol. The van der Waals surface area contributed by atoms with E-state index in [1.807, 2.05) is 0 Å². The standard InChI is InChI=1S/C16H25NO/c1-4-18-14-9-13(10-14)11-16(17-3)15-8-6-5-7-12(15)2/h5-8,13-14,16-17H,4,9-11H2,1-3H3. The lowest BCUT2D eigenvalue weighted by atomic mass is 9.77. The van der Waals surface area contributed by atoms with Gasteiger partial charge in [0.05, 0.1) is 6.10 Å². The molecule has 1 atom stereocenters. The Kier molecular flexibility index (Phi) is 4.79. The molecule has 0 aromatic heterocycles. The van der Waals surface area contributed by atoms with Crippen LogP contribution in [0.5, 0.6) is 0 Å². The van der Waals surface area contributed by atoms with Crippen molar-refractivity contribution in [2.45, 2.75) is 45.3 Å². The van der Waals surface area contributed by atoms with E-state index in [2.05, 4.69) is 50.5 Å². The third-order valence-corrected chi connectivity index (χ3v) is 4.08. The molecule has 2 rings (SSSR count). The van der Waals surface area contributed by atoms with Crippen LogP contribution in [-0.2, 0) is 4.74 Å². The Morgan fingerprint density at radius 2 is 2.06 bits per heavy atom. The average Bonchev–Trinajstić information content (AvgIpc) is 2.33. The molecule has 2 heteroatoms. The number of nitrogens with one attached hydrogen (secondary N) is 1. The van der Waals surface area contributed by atoms with Crippen molar-refractivity contribution >= 4 is 0 Å². The fraction of sp³-hybridized carbons (Fsp3) is 0.625.